The van der Waals surface area contributed by atoms with Crippen molar-refractivity contribution in [3.8, 4) is 11.1 Å². The van der Waals surface area contributed by atoms with Gasteiger partial charge in [-0.15, -0.1) is 0 Å². The van der Waals surface area contributed by atoms with E-state index in [1.807, 2.05) is 51.1 Å². The molecule has 1 aromatic carbocycles. The normalized spacial score (nSPS) is 11.5. The van der Waals surface area contributed by atoms with Gasteiger partial charge in [-0.2, -0.15) is 5.10 Å². The lowest BCUT2D eigenvalue weighted by atomic mass is 10.1. The molecule has 0 radical (unpaired) electrons. The maximum Gasteiger partial charge on any atom is 0.275 e. The van der Waals surface area contributed by atoms with Gasteiger partial charge in [0.1, 0.15) is 0 Å². The van der Waals surface area contributed by atoms with Crippen LogP contribution >= 0.6 is 0 Å². The number of hydrogen-bond acceptors (Lipinski definition) is 2. The van der Waals surface area contributed by atoms with Crippen LogP contribution in [0, 0.1) is 0 Å². The van der Waals surface area contributed by atoms with Crippen molar-refractivity contribution in [1.82, 2.24) is 9.78 Å². The summed E-state index contributed by atoms with van der Waals surface area (Å²) >= 11 is 0. The second-order valence-corrected chi connectivity index (χ2v) is 5.00. The third-order valence-corrected chi connectivity index (χ3v) is 2.57. The predicted molar refractivity (Wildman–Crippen MR) is 68.9 cm³/mol. The summed E-state index contributed by atoms with van der Waals surface area (Å²) in [6.45, 7) is 5.91. The fourth-order valence-corrected chi connectivity index (χ4v) is 1.73. The van der Waals surface area contributed by atoms with Gasteiger partial charge in [-0.05, 0) is 32.4 Å². The molecule has 0 saturated heterocycles. The fourth-order valence-electron chi connectivity index (χ4n) is 1.73. The first-order valence-electron chi connectivity index (χ1n) is 5.64. The Morgan fingerprint density at radius 3 is 2.29 bits per heavy atom. The Bertz CT molecular complexity index is 565. The summed E-state index contributed by atoms with van der Waals surface area (Å²) in [4.78, 5) is 12.3. The highest BCUT2D eigenvalue weighted by molar-refractivity contribution is 5.61. The summed E-state index contributed by atoms with van der Waals surface area (Å²) in [5.74, 6) is 0. The Labute approximate surface area is 101 Å². The van der Waals surface area contributed by atoms with Crippen molar-refractivity contribution in [2.75, 3.05) is 0 Å². The topological polar surface area (TPSA) is 34.9 Å². The minimum atomic E-state index is -0.304. The molecular weight excluding hydrogens is 212 g/mol. The molecule has 0 bridgehead atoms. The van der Waals surface area contributed by atoms with E-state index in [9.17, 15) is 4.79 Å². The molecule has 88 valence electrons. The van der Waals surface area contributed by atoms with Crippen LogP contribution in [0.5, 0.6) is 0 Å². The van der Waals surface area contributed by atoms with E-state index in [0.717, 1.165) is 5.56 Å². The molecule has 3 heteroatoms. The molecule has 0 saturated carbocycles. The van der Waals surface area contributed by atoms with Gasteiger partial charge in [0.2, 0.25) is 0 Å². The van der Waals surface area contributed by atoms with Gasteiger partial charge in [0.05, 0.1) is 11.1 Å². The number of aromatic nitrogens is 2. The molecule has 0 aliphatic carbocycles. The van der Waals surface area contributed by atoms with Gasteiger partial charge in [0.15, 0.2) is 0 Å². The Balaban J connectivity index is 2.63. The van der Waals surface area contributed by atoms with Crippen molar-refractivity contribution in [3.05, 3.63) is 52.9 Å². The molecule has 17 heavy (non-hydrogen) atoms. The molecule has 0 N–H and O–H groups in total. The first kappa shape index (κ1) is 11.6. The zero-order valence-electron chi connectivity index (χ0n) is 10.3. The second-order valence-electron chi connectivity index (χ2n) is 5.00. The van der Waals surface area contributed by atoms with Gasteiger partial charge < -0.3 is 0 Å². The van der Waals surface area contributed by atoms with Crippen molar-refractivity contribution in [1.29, 1.82) is 0 Å². The molecule has 1 aromatic heterocycles. The summed E-state index contributed by atoms with van der Waals surface area (Å²) in [5, 5.41) is 4.14. The van der Waals surface area contributed by atoms with E-state index >= 15 is 0 Å². The first-order chi connectivity index (χ1) is 8.00. The van der Waals surface area contributed by atoms with E-state index in [-0.39, 0.29) is 11.1 Å². The van der Waals surface area contributed by atoms with E-state index in [1.165, 1.54) is 4.68 Å². The molecule has 3 nitrogen and oxygen atoms in total. The van der Waals surface area contributed by atoms with Crippen LogP contribution in [0.1, 0.15) is 20.8 Å². The van der Waals surface area contributed by atoms with Crippen molar-refractivity contribution < 1.29 is 0 Å². The molecule has 2 rings (SSSR count). The molecule has 0 amide bonds. The molecule has 0 unspecified atom stereocenters. The first-order valence-corrected chi connectivity index (χ1v) is 5.64. The summed E-state index contributed by atoms with van der Waals surface area (Å²) in [6, 6.07) is 11.4. The molecule has 1 heterocycles. The third kappa shape index (κ3) is 2.28. The highest BCUT2D eigenvalue weighted by atomic mass is 16.1. The predicted octanol–water partition coefficient (Wildman–Crippen LogP) is 2.67. The average molecular weight is 228 g/mol. The highest BCUT2D eigenvalue weighted by Gasteiger charge is 2.17. The van der Waals surface area contributed by atoms with Gasteiger partial charge in [-0.25, -0.2) is 4.68 Å². The molecule has 2 aromatic rings. The number of rotatable bonds is 1. The van der Waals surface area contributed by atoms with Gasteiger partial charge in [-0.3, -0.25) is 4.79 Å². The van der Waals surface area contributed by atoms with Crippen LogP contribution in [-0.4, -0.2) is 9.78 Å². The van der Waals surface area contributed by atoms with Crippen molar-refractivity contribution >= 4 is 0 Å². The summed E-state index contributed by atoms with van der Waals surface area (Å²) in [5.41, 5.74) is 1.27. The van der Waals surface area contributed by atoms with Crippen molar-refractivity contribution in [2.24, 2.45) is 0 Å². The maximum atomic E-state index is 12.3. The summed E-state index contributed by atoms with van der Waals surface area (Å²) < 4.78 is 1.52. The van der Waals surface area contributed by atoms with Crippen LogP contribution in [0.4, 0.5) is 0 Å². The minimum Gasteiger partial charge on any atom is -0.267 e. The molecule has 0 spiro atoms. The van der Waals surface area contributed by atoms with Crippen LogP contribution in [0.15, 0.2) is 47.4 Å². The van der Waals surface area contributed by atoms with Crippen LogP contribution < -0.4 is 5.56 Å². The molecule has 0 atom stereocenters. The van der Waals surface area contributed by atoms with Crippen LogP contribution in [0.2, 0.25) is 0 Å². The summed E-state index contributed by atoms with van der Waals surface area (Å²) in [7, 11) is 0. The van der Waals surface area contributed by atoms with Crippen molar-refractivity contribution in [3.63, 3.8) is 0 Å². The zero-order valence-corrected chi connectivity index (χ0v) is 10.3. The van der Waals surface area contributed by atoms with Gasteiger partial charge in [-0.1, -0.05) is 30.3 Å². The van der Waals surface area contributed by atoms with Gasteiger partial charge >= 0.3 is 0 Å². The SMILES string of the molecule is CC(C)(C)n1nccc(-c2ccccc2)c1=O. The zero-order chi connectivity index (χ0) is 12.5. The maximum absolute atomic E-state index is 12.3. The van der Waals surface area contributed by atoms with E-state index in [0.29, 0.717) is 5.56 Å². The number of nitrogens with zero attached hydrogens (tertiary/aromatic N) is 2. The minimum absolute atomic E-state index is 0.0498. The monoisotopic (exact) mass is 228 g/mol. The molecule has 0 fully saturated rings. The number of benzene rings is 1. The second kappa shape index (κ2) is 4.17. The lowest BCUT2D eigenvalue weighted by Crippen LogP contribution is -2.36. The van der Waals surface area contributed by atoms with Gasteiger partial charge in [0, 0.05) is 6.20 Å². The smallest absolute Gasteiger partial charge is 0.267 e. The molecule has 0 aliphatic rings. The van der Waals surface area contributed by atoms with E-state index in [2.05, 4.69) is 5.10 Å². The summed E-state index contributed by atoms with van der Waals surface area (Å²) in [6.07, 6.45) is 1.68. The van der Waals surface area contributed by atoms with Crippen LogP contribution in [-0.2, 0) is 5.54 Å². The largest absolute Gasteiger partial charge is 0.275 e. The van der Waals surface area contributed by atoms with Gasteiger partial charge in [0.25, 0.3) is 5.56 Å². The Hall–Kier alpha value is -1.90. The Morgan fingerprint density at radius 2 is 1.71 bits per heavy atom. The van der Waals surface area contributed by atoms with E-state index < -0.39 is 0 Å². The lowest BCUT2D eigenvalue weighted by Gasteiger charge is -2.20. The van der Waals surface area contributed by atoms with E-state index in [1.54, 1.807) is 12.3 Å². The Kier molecular flexibility index (Phi) is 2.84. The quantitative estimate of drug-likeness (QED) is 0.752. The molecular formula is C14H16N2O. The third-order valence-electron chi connectivity index (χ3n) is 2.57. The molecule has 0 aliphatic heterocycles. The van der Waals surface area contributed by atoms with Crippen LogP contribution in [0.25, 0.3) is 11.1 Å². The lowest BCUT2D eigenvalue weighted by molar-refractivity contribution is 0.338. The average Bonchev–Trinajstić information content (AvgIpc) is 2.29. The van der Waals surface area contributed by atoms with Crippen molar-refractivity contribution in [2.45, 2.75) is 26.3 Å². The van der Waals surface area contributed by atoms with Crippen LogP contribution in [0.3, 0.4) is 0 Å². The van der Waals surface area contributed by atoms with E-state index in [4.69, 9.17) is 0 Å². The highest BCUT2D eigenvalue weighted by Crippen LogP contribution is 2.15. The standard InChI is InChI=1S/C14H16N2O/c1-14(2,3)16-13(17)12(9-10-15-16)11-7-5-4-6-8-11/h4-10H,1-3H3. The fraction of sp³-hybridized carbons (Fsp3) is 0.286. The Morgan fingerprint density at radius 1 is 1.06 bits per heavy atom. The number of hydrogen-bond donors (Lipinski definition) is 0.